The number of nitrogens with zero attached hydrogens (tertiary/aromatic N) is 2. The SMILES string of the molecule is CCOC(=O)/C(=C/N(C)C)C(=O)c1cc([N+](=O)[O-])c(C)cc1F. The van der Waals surface area contributed by atoms with Gasteiger partial charge in [-0.1, -0.05) is 0 Å². The molecular weight excluding hydrogens is 307 g/mol. The number of nitro groups is 1. The summed E-state index contributed by atoms with van der Waals surface area (Å²) in [6.45, 7) is 2.96. The number of ether oxygens (including phenoxy) is 1. The molecule has 7 nitrogen and oxygen atoms in total. The first-order valence-electron chi connectivity index (χ1n) is 6.73. The Labute approximate surface area is 132 Å². The number of esters is 1. The second-order valence-corrected chi connectivity index (χ2v) is 4.93. The van der Waals surface area contributed by atoms with E-state index in [1.54, 1.807) is 21.0 Å². The summed E-state index contributed by atoms with van der Waals surface area (Å²) in [4.78, 5) is 36.0. The van der Waals surface area contributed by atoms with Crippen LogP contribution in [0.1, 0.15) is 22.8 Å². The summed E-state index contributed by atoms with van der Waals surface area (Å²) in [7, 11) is 3.14. The van der Waals surface area contributed by atoms with Crippen molar-refractivity contribution in [3.8, 4) is 0 Å². The Bertz CT molecular complexity index is 683. The minimum atomic E-state index is -0.974. The molecule has 1 aromatic carbocycles. The zero-order valence-corrected chi connectivity index (χ0v) is 13.3. The quantitative estimate of drug-likeness (QED) is 0.152. The number of ketones is 1. The van der Waals surface area contributed by atoms with Crippen molar-refractivity contribution in [1.29, 1.82) is 0 Å². The predicted octanol–water partition coefficient (Wildman–Crippen LogP) is 2.23. The highest BCUT2D eigenvalue weighted by Crippen LogP contribution is 2.24. The lowest BCUT2D eigenvalue weighted by Crippen LogP contribution is -2.20. The monoisotopic (exact) mass is 324 g/mol. The molecule has 0 amide bonds. The standard InChI is InChI=1S/C15H17FN2O5/c1-5-23-15(20)11(8-17(3)4)14(19)10-7-13(18(21)22)9(2)6-12(10)16/h6-8H,5H2,1-4H3/b11-8+. The van der Waals surface area contributed by atoms with Crippen molar-refractivity contribution in [3.05, 3.63) is 51.0 Å². The lowest BCUT2D eigenvalue weighted by Gasteiger charge is -2.11. The second-order valence-electron chi connectivity index (χ2n) is 4.93. The molecule has 0 unspecified atom stereocenters. The molecule has 23 heavy (non-hydrogen) atoms. The van der Waals surface area contributed by atoms with Crippen LogP contribution in [0.4, 0.5) is 10.1 Å². The molecule has 0 atom stereocenters. The predicted molar refractivity (Wildman–Crippen MR) is 80.5 cm³/mol. The maximum atomic E-state index is 14.1. The van der Waals surface area contributed by atoms with Gasteiger partial charge in [-0.3, -0.25) is 14.9 Å². The molecule has 0 aromatic heterocycles. The number of carbonyl (C=O) groups excluding carboxylic acids is 2. The third kappa shape index (κ3) is 4.35. The third-order valence-corrected chi connectivity index (χ3v) is 2.85. The fraction of sp³-hybridized carbons (Fsp3) is 0.333. The molecule has 1 rings (SSSR count). The molecule has 0 bridgehead atoms. The van der Waals surface area contributed by atoms with Gasteiger partial charge in [0.25, 0.3) is 5.69 Å². The highest BCUT2D eigenvalue weighted by Gasteiger charge is 2.27. The lowest BCUT2D eigenvalue weighted by atomic mass is 10.0. The third-order valence-electron chi connectivity index (χ3n) is 2.85. The van der Waals surface area contributed by atoms with Crippen LogP contribution < -0.4 is 0 Å². The number of Topliss-reactive ketones (excluding diaryl/α,β-unsaturated/α-hetero) is 1. The molecule has 0 saturated heterocycles. The van der Waals surface area contributed by atoms with Gasteiger partial charge in [0.15, 0.2) is 0 Å². The summed E-state index contributed by atoms with van der Waals surface area (Å²) >= 11 is 0. The summed E-state index contributed by atoms with van der Waals surface area (Å²) in [5.74, 6) is -2.83. The molecule has 0 aliphatic rings. The largest absolute Gasteiger partial charge is 0.462 e. The molecule has 124 valence electrons. The van der Waals surface area contributed by atoms with E-state index in [2.05, 4.69) is 0 Å². The van der Waals surface area contributed by atoms with Crippen molar-refractivity contribution in [2.75, 3.05) is 20.7 Å². The number of nitro benzene ring substituents is 1. The first kappa shape index (κ1) is 18.3. The fourth-order valence-electron chi connectivity index (χ4n) is 1.85. The molecular formula is C15H17FN2O5. The number of hydrogen-bond donors (Lipinski definition) is 0. The number of aryl methyl sites for hydroxylation is 1. The van der Waals surface area contributed by atoms with Gasteiger partial charge in [0.2, 0.25) is 5.78 Å². The smallest absolute Gasteiger partial charge is 0.343 e. The van der Waals surface area contributed by atoms with Crippen LogP contribution in [0, 0.1) is 22.9 Å². The van der Waals surface area contributed by atoms with E-state index in [1.165, 1.54) is 18.0 Å². The maximum Gasteiger partial charge on any atom is 0.343 e. The van der Waals surface area contributed by atoms with Gasteiger partial charge in [0.1, 0.15) is 11.4 Å². The van der Waals surface area contributed by atoms with Gasteiger partial charge in [-0.05, 0) is 19.9 Å². The van der Waals surface area contributed by atoms with Gasteiger partial charge in [-0.15, -0.1) is 0 Å². The van der Waals surface area contributed by atoms with Crippen LogP contribution in [0.2, 0.25) is 0 Å². The Hall–Kier alpha value is -2.77. The summed E-state index contributed by atoms with van der Waals surface area (Å²) in [6.07, 6.45) is 1.19. The fourth-order valence-corrected chi connectivity index (χ4v) is 1.85. The van der Waals surface area contributed by atoms with Gasteiger partial charge >= 0.3 is 5.97 Å². The molecule has 0 fully saturated rings. The summed E-state index contributed by atoms with van der Waals surface area (Å²) < 4.78 is 18.8. The van der Waals surface area contributed by atoms with E-state index in [0.29, 0.717) is 0 Å². The van der Waals surface area contributed by atoms with Crippen molar-refractivity contribution in [3.63, 3.8) is 0 Å². The number of benzene rings is 1. The Morgan fingerprint density at radius 3 is 2.48 bits per heavy atom. The number of hydrogen-bond acceptors (Lipinski definition) is 6. The first-order chi connectivity index (χ1) is 10.7. The van der Waals surface area contributed by atoms with Gasteiger partial charge in [0, 0.05) is 31.9 Å². The average Bonchev–Trinajstić information content (AvgIpc) is 2.43. The summed E-state index contributed by atoms with van der Waals surface area (Å²) in [5, 5.41) is 10.9. The van der Waals surface area contributed by atoms with Crippen LogP contribution in [0.25, 0.3) is 0 Å². The van der Waals surface area contributed by atoms with Crippen molar-refractivity contribution < 1.29 is 23.6 Å². The topological polar surface area (TPSA) is 89.8 Å². The number of rotatable bonds is 6. The van der Waals surface area contributed by atoms with Crippen LogP contribution in [0.5, 0.6) is 0 Å². The molecule has 0 radical (unpaired) electrons. The van der Waals surface area contributed by atoms with E-state index in [1.807, 2.05) is 0 Å². The maximum absolute atomic E-state index is 14.1. The Morgan fingerprint density at radius 1 is 1.39 bits per heavy atom. The Morgan fingerprint density at radius 2 is 2.00 bits per heavy atom. The van der Waals surface area contributed by atoms with Crippen LogP contribution in [0.3, 0.4) is 0 Å². The van der Waals surface area contributed by atoms with E-state index in [4.69, 9.17) is 4.74 Å². The van der Waals surface area contributed by atoms with Gasteiger partial charge in [-0.25, -0.2) is 9.18 Å². The van der Waals surface area contributed by atoms with E-state index < -0.39 is 39.3 Å². The van der Waals surface area contributed by atoms with E-state index in [9.17, 15) is 24.1 Å². The van der Waals surface area contributed by atoms with Crippen LogP contribution in [-0.4, -0.2) is 42.3 Å². The van der Waals surface area contributed by atoms with E-state index in [-0.39, 0.29) is 12.2 Å². The van der Waals surface area contributed by atoms with Crippen molar-refractivity contribution in [2.24, 2.45) is 0 Å². The van der Waals surface area contributed by atoms with Gasteiger partial charge < -0.3 is 9.64 Å². The van der Waals surface area contributed by atoms with Crippen LogP contribution >= 0.6 is 0 Å². The highest BCUT2D eigenvalue weighted by atomic mass is 19.1. The van der Waals surface area contributed by atoms with Crippen molar-refractivity contribution >= 4 is 17.4 Å². The molecule has 0 saturated carbocycles. The van der Waals surface area contributed by atoms with Crippen molar-refractivity contribution in [2.45, 2.75) is 13.8 Å². The van der Waals surface area contributed by atoms with Gasteiger partial charge in [-0.2, -0.15) is 0 Å². The number of carbonyl (C=O) groups is 2. The molecule has 0 spiro atoms. The van der Waals surface area contributed by atoms with E-state index in [0.717, 1.165) is 12.1 Å². The summed E-state index contributed by atoms with van der Waals surface area (Å²) in [6, 6.07) is 1.72. The van der Waals surface area contributed by atoms with Crippen LogP contribution in [0.15, 0.2) is 23.9 Å². The minimum Gasteiger partial charge on any atom is -0.462 e. The van der Waals surface area contributed by atoms with Crippen LogP contribution in [-0.2, 0) is 9.53 Å². The first-order valence-corrected chi connectivity index (χ1v) is 6.73. The lowest BCUT2D eigenvalue weighted by molar-refractivity contribution is -0.385. The Balaban J connectivity index is 3.42. The Kier molecular flexibility index (Phi) is 5.94. The normalized spacial score (nSPS) is 11.1. The second kappa shape index (κ2) is 7.48. The molecule has 0 aliphatic heterocycles. The zero-order valence-electron chi connectivity index (χ0n) is 13.3. The molecule has 0 heterocycles. The van der Waals surface area contributed by atoms with E-state index >= 15 is 0 Å². The molecule has 0 aliphatic carbocycles. The summed E-state index contributed by atoms with van der Waals surface area (Å²) in [5.41, 5.74) is -1.28. The average molecular weight is 324 g/mol. The van der Waals surface area contributed by atoms with Crippen molar-refractivity contribution in [1.82, 2.24) is 4.90 Å². The molecule has 8 heteroatoms. The highest BCUT2D eigenvalue weighted by molar-refractivity contribution is 6.24. The number of halogens is 1. The zero-order chi connectivity index (χ0) is 17.7. The molecule has 0 N–H and O–H groups in total. The minimum absolute atomic E-state index is 0.0351. The molecule has 1 aromatic rings. The van der Waals surface area contributed by atoms with Gasteiger partial charge in [0.05, 0.1) is 17.1 Å².